The van der Waals surface area contributed by atoms with Gasteiger partial charge in [-0.3, -0.25) is 4.90 Å². The van der Waals surface area contributed by atoms with Gasteiger partial charge in [0.25, 0.3) is 0 Å². The summed E-state index contributed by atoms with van der Waals surface area (Å²) < 4.78 is 0. The Kier molecular flexibility index (Phi) is 7.25. The molecule has 0 aliphatic carbocycles. The van der Waals surface area contributed by atoms with Gasteiger partial charge in [0.15, 0.2) is 0 Å². The normalized spacial score (nSPS) is 12.1. The fourth-order valence-corrected chi connectivity index (χ4v) is 2.10. The Balaban J connectivity index is 2.46. The van der Waals surface area contributed by atoms with Crippen LogP contribution in [0.4, 0.5) is 0 Å². The van der Waals surface area contributed by atoms with Gasteiger partial charge in [0.2, 0.25) is 0 Å². The smallest absolute Gasteiger partial charge is 0.0235 e. The predicted octanol–water partition coefficient (Wildman–Crippen LogP) is 3.85. The van der Waals surface area contributed by atoms with Crippen LogP contribution in [-0.2, 0) is 13.0 Å². The maximum Gasteiger partial charge on any atom is 0.0235 e. The average molecular weight is 276 g/mol. The van der Waals surface area contributed by atoms with Crippen molar-refractivity contribution >= 4 is 0 Å². The second-order valence-corrected chi connectivity index (χ2v) is 6.34. The molecule has 2 nitrogen and oxygen atoms in total. The zero-order chi connectivity index (χ0) is 15.0. The second-order valence-electron chi connectivity index (χ2n) is 6.34. The number of hydrogen-bond donors (Lipinski definition) is 1. The van der Waals surface area contributed by atoms with Crippen LogP contribution < -0.4 is 5.32 Å². The third-order valence-electron chi connectivity index (χ3n) is 4.36. The molecule has 1 rings (SSSR count). The monoisotopic (exact) mass is 276 g/mol. The molecule has 1 aromatic carbocycles. The van der Waals surface area contributed by atoms with Crippen LogP contribution in [0.25, 0.3) is 0 Å². The Labute approximate surface area is 125 Å². The molecular weight excluding hydrogens is 244 g/mol. The first kappa shape index (κ1) is 17.2. The lowest BCUT2D eigenvalue weighted by Crippen LogP contribution is -2.39. The molecule has 0 radical (unpaired) electrons. The average Bonchev–Trinajstić information content (AvgIpc) is 2.45. The number of benzene rings is 1. The SMILES string of the molecule is CCCNCCc1ccc(CN(C)C(C)(C)CC)cc1. The predicted molar refractivity (Wildman–Crippen MR) is 89.1 cm³/mol. The maximum atomic E-state index is 3.45. The fourth-order valence-electron chi connectivity index (χ4n) is 2.10. The summed E-state index contributed by atoms with van der Waals surface area (Å²) >= 11 is 0. The van der Waals surface area contributed by atoms with Crippen LogP contribution >= 0.6 is 0 Å². The molecule has 2 heteroatoms. The third-order valence-corrected chi connectivity index (χ3v) is 4.36. The Morgan fingerprint density at radius 2 is 1.60 bits per heavy atom. The minimum Gasteiger partial charge on any atom is -0.316 e. The maximum absolute atomic E-state index is 3.45. The number of nitrogens with zero attached hydrogens (tertiary/aromatic N) is 1. The molecule has 0 aliphatic heterocycles. The van der Waals surface area contributed by atoms with E-state index in [-0.39, 0.29) is 5.54 Å². The minimum atomic E-state index is 0.267. The summed E-state index contributed by atoms with van der Waals surface area (Å²) in [6.45, 7) is 12.3. The van der Waals surface area contributed by atoms with Gasteiger partial charge < -0.3 is 5.32 Å². The van der Waals surface area contributed by atoms with Gasteiger partial charge in [-0.2, -0.15) is 0 Å². The van der Waals surface area contributed by atoms with Crippen molar-refractivity contribution in [3.05, 3.63) is 35.4 Å². The van der Waals surface area contributed by atoms with E-state index in [1.54, 1.807) is 0 Å². The molecule has 0 amide bonds. The summed E-state index contributed by atoms with van der Waals surface area (Å²) in [5.74, 6) is 0. The highest BCUT2D eigenvalue weighted by Gasteiger charge is 2.20. The van der Waals surface area contributed by atoms with Crippen molar-refractivity contribution < 1.29 is 0 Å². The van der Waals surface area contributed by atoms with Crippen LogP contribution in [0.2, 0.25) is 0 Å². The van der Waals surface area contributed by atoms with Gasteiger partial charge in [-0.25, -0.2) is 0 Å². The summed E-state index contributed by atoms with van der Waals surface area (Å²) in [5.41, 5.74) is 3.09. The zero-order valence-electron chi connectivity index (χ0n) is 14.0. The fraction of sp³-hybridized carbons (Fsp3) is 0.667. The molecule has 20 heavy (non-hydrogen) atoms. The third kappa shape index (κ3) is 5.64. The van der Waals surface area contributed by atoms with Crippen molar-refractivity contribution in [1.29, 1.82) is 0 Å². The number of rotatable bonds is 9. The lowest BCUT2D eigenvalue weighted by molar-refractivity contribution is 0.143. The van der Waals surface area contributed by atoms with Crippen LogP contribution in [0, 0.1) is 0 Å². The van der Waals surface area contributed by atoms with Gasteiger partial charge in [0.05, 0.1) is 0 Å². The first-order chi connectivity index (χ1) is 9.49. The Morgan fingerprint density at radius 1 is 1.00 bits per heavy atom. The molecule has 114 valence electrons. The summed E-state index contributed by atoms with van der Waals surface area (Å²) in [6.07, 6.45) is 3.50. The highest BCUT2D eigenvalue weighted by Crippen LogP contribution is 2.19. The molecule has 0 atom stereocenters. The molecule has 0 saturated carbocycles. The van der Waals surface area contributed by atoms with Crippen LogP contribution in [0.1, 0.15) is 51.7 Å². The summed E-state index contributed by atoms with van der Waals surface area (Å²) in [5, 5.41) is 3.45. The number of hydrogen-bond acceptors (Lipinski definition) is 2. The van der Waals surface area contributed by atoms with Crippen molar-refractivity contribution in [1.82, 2.24) is 10.2 Å². The van der Waals surface area contributed by atoms with E-state index in [4.69, 9.17) is 0 Å². The molecule has 0 saturated heterocycles. The first-order valence-electron chi connectivity index (χ1n) is 7.99. The van der Waals surface area contributed by atoms with E-state index in [0.29, 0.717) is 0 Å². The Bertz CT molecular complexity index is 368. The van der Waals surface area contributed by atoms with Crippen LogP contribution in [-0.4, -0.2) is 30.6 Å². The molecule has 0 aliphatic rings. The second kappa shape index (κ2) is 8.43. The minimum absolute atomic E-state index is 0.267. The summed E-state index contributed by atoms with van der Waals surface area (Å²) in [7, 11) is 2.21. The quantitative estimate of drug-likeness (QED) is 0.689. The lowest BCUT2D eigenvalue weighted by Gasteiger charge is -2.34. The molecule has 0 aromatic heterocycles. The summed E-state index contributed by atoms with van der Waals surface area (Å²) in [4.78, 5) is 2.44. The van der Waals surface area contributed by atoms with Crippen molar-refractivity contribution in [3.8, 4) is 0 Å². The Hall–Kier alpha value is -0.860. The molecule has 0 spiro atoms. The van der Waals surface area contributed by atoms with Gasteiger partial charge in [-0.15, -0.1) is 0 Å². The molecule has 1 N–H and O–H groups in total. The Morgan fingerprint density at radius 3 is 2.15 bits per heavy atom. The molecule has 0 bridgehead atoms. The number of nitrogens with one attached hydrogen (secondary N) is 1. The molecule has 0 unspecified atom stereocenters. The molecule has 0 heterocycles. The molecule has 1 aromatic rings. The highest BCUT2D eigenvalue weighted by molar-refractivity contribution is 5.23. The van der Waals surface area contributed by atoms with E-state index in [1.165, 1.54) is 24.0 Å². The van der Waals surface area contributed by atoms with Gasteiger partial charge >= 0.3 is 0 Å². The van der Waals surface area contributed by atoms with Crippen molar-refractivity contribution in [3.63, 3.8) is 0 Å². The van der Waals surface area contributed by atoms with Crippen molar-refractivity contribution in [2.45, 2.75) is 59.0 Å². The zero-order valence-corrected chi connectivity index (χ0v) is 14.0. The van der Waals surface area contributed by atoms with E-state index in [0.717, 1.165) is 26.1 Å². The van der Waals surface area contributed by atoms with Gasteiger partial charge in [-0.05, 0) is 64.4 Å². The van der Waals surface area contributed by atoms with E-state index in [9.17, 15) is 0 Å². The molecular formula is C18H32N2. The first-order valence-corrected chi connectivity index (χ1v) is 7.99. The van der Waals surface area contributed by atoms with Gasteiger partial charge in [-0.1, -0.05) is 38.1 Å². The largest absolute Gasteiger partial charge is 0.316 e. The van der Waals surface area contributed by atoms with Crippen molar-refractivity contribution in [2.75, 3.05) is 20.1 Å². The molecule has 0 fully saturated rings. The van der Waals surface area contributed by atoms with Gasteiger partial charge in [0.1, 0.15) is 0 Å². The van der Waals surface area contributed by atoms with Crippen LogP contribution in [0.3, 0.4) is 0 Å². The van der Waals surface area contributed by atoms with E-state index >= 15 is 0 Å². The van der Waals surface area contributed by atoms with Gasteiger partial charge in [0, 0.05) is 12.1 Å². The van der Waals surface area contributed by atoms with E-state index in [2.05, 4.69) is 69.2 Å². The lowest BCUT2D eigenvalue weighted by atomic mass is 9.99. The van der Waals surface area contributed by atoms with Crippen LogP contribution in [0.5, 0.6) is 0 Å². The standard InChI is InChI=1S/C18H32N2/c1-6-13-19-14-12-16-8-10-17(11-9-16)15-20(5)18(3,4)7-2/h8-11,19H,6-7,12-15H2,1-5H3. The summed E-state index contributed by atoms with van der Waals surface area (Å²) in [6, 6.07) is 9.10. The van der Waals surface area contributed by atoms with E-state index in [1.807, 2.05) is 0 Å². The van der Waals surface area contributed by atoms with E-state index < -0.39 is 0 Å². The van der Waals surface area contributed by atoms with Crippen LogP contribution in [0.15, 0.2) is 24.3 Å². The highest BCUT2D eigenvalue weighted by atomic mass is 15.2. The van der Waals surface area contributed by atoms with Crippen molar-refractivity contribution in [2.24, 2.45) is 0 Å². The topological polar surface area (TPSA) is 15.3 Å².